The predicted octanol–water partition coefficient (Wildman–Crippen LogP) is -1.14. The lowest BCUT2D eigenvalue weighted by Crippen LogP contribution is -2.51. The number of hydrogen-bond acceptors (Lipinski definition) is 4. The molecule has 1 aliphatic rings. The first-order valence-electron chi connectivity index (χ1n) is 5.38. The summed E-state index contributed by atoms with van der Waals surface area (Å²) in [6.45, 7) is 1.74. The molecule has 1 aliphatic heterocycles. The van der Waals surface area contributed by atoms with Crippen molar-refractivity contribution < 1.29 is 9.90 Å². The molecule has 0 spiro atoms. The summed E-state index contributed by atoms with van der Waals surface area (Å²) in [6.07, 6.45) is 1.97. The number of nitrogens with two attached hydrogens (primary N) is 1. The summed E-state index contributed by atoms with van der Waals surface area (Å²) in [7, 11) is 3.85. The van der Waals surface area contributed by atoms with Crippen LogP contribution in [0.25, 0.3) is 0 Å². The van der Waals surface area contributed by atoms with Crippen LogP contribution >= 0.6 is 0 Å². The van der Waals surface area contributed by atoms with E-state index in [9.17, 15) is 4.79 Å². The number of likely N-dealkylation sites (N-methyl/N-ethyl adjacent to an activating group) is 1. The number of nitrogens with zero attached hydrogens (tertiary/aromatic N) is 2. The van der Waals surface area contributed by atoms with E-state index in [1.165, 1.54) is 0 Å². The monoisotopic (exact) mass is 215 g/mol. The molecule has 1 rings (SSSR count). The average molecular weight is 215 g/mol. The topological polar surface area (TPSA) is 69.8 Å². The number of likely N-dealkylation sites (tertiary alicyclic amines) is 1. The van der Waals surface area contributed by atoms with Gasteiger partial charge >= 0.3 is 0 Å². The van der Waals surface area contributed by atoms with Crippen LogP contribution in [0.2, 0.25) is 0 Å². The number of aliphatic hydroxyl groups is 1. The lowest BCUT2D eigenvalue weighted by molar-refractivity contribution is -0.135. The molecule has 0 aromatic carbocycles. The molecule has 88 valence electrons. The van der Waals surface area contributed by atoms with Crippen LogP contribution in [0.5, 0.6) is 0 Å². The van der Waals surface area contributed by atoms with Gasteiger partial charge in [-0.25, -0.2) is 0 Å². The molecule has 1 heterocycles. The fraction of sp³-hybridized carbons (Fsp3) is 0.900. The van der Waals surface area contributed by atoms with E-state index in [4.69, 9.17) is 10.8 Å². The van der Waals surface area contributed by atoms with Crippen molar-refractivity contribution in [2.24, 2.45) is 5.73 Å². The maximum Gasteiger partial charge on any atom is 0.241 e. The number of carbonyl (C=O) groups excluding carboxylic acids is 1. The van der Waals surface area contributed by atoms with E-state index in [1.807, 2.05) is 0 Å². The van der Waals surface area contributed by atoms with Gasteiger partial charge in [-0.2, -0.15) is 0 Å². The number of carbonyl (C=O) groups is 1. The Bertz CT molecular complexity index is 215. The van der Waals surface area contributed by atoms with Gasteiger partial charge in [0.1, 0.15) is 6.04 Å². The molecule has 15 heavy (non-hydrogen) atoms. The maximum absolute atomic E-state index is 11.7. The molecule has 1 unspecified atom stereocenters. The molecule has 1 saturated heterocycles. The van der Waals surface area contributed by atoms with Crippen molar-refractivity contribution in [1.82, 2.24) is 9.80 Å². The number of piperidine rings is 1. The minimum Gasteiger partial charge on any atom is -0.394 e. The van der Waals surface area contributed by atoms with Crippen LogP contribution in [-0.2, 0) is 4.79 Å². The van der Waals surface area contributed by atoms with Crippen LogP contribution in [-0.4, -0.2) is 66.7 Å². The smallest absolute Gasteiger partial charge is 0.241 e. The number of hydrogen-bond donors (Lipinski definition) is 2. The second kappa shape index (κ2) is 5.44. The normalized spacial score (nSPS) is 21.3. The van der Waals surface area contributed by atoms with Crippen molar-refractivity contribution in [3.63, 3.8) is 0 Å². The highest BCUT2D eigenvalue weighted by atomic mass is 16.3. The van der Waals surface area contributed by atoms with Crippen molar-refractivity contribution in [2.75, 3.05) is 33.8 Å². The summed E-state index contributed by atoms with van der Waals surface area (Å²) in [5, 5.41) is 8.81. The summed E-state index contributed by atoms with van der Waals surface area (Å²) >= 11 is 0. The second-order valence-electron chi connectivity index (χ2n) is 4.27. The lowest BCUT2D eigenvalue weighted by atomic mass is 10.0. The molecule has 1 fully saturated rings. The summed E-state index contributed by atoms with van der Waals surface area (Å²) in [4.78, 5) is 15.6. The Balaban J connectivity index is 2.46. The third-order valence-corrected chi connectivity index (χ3v) is 3.10. The van der Waals surface area contributed by atoms with Crippen LogP contribution in [0.4, 0.5) is 0 Å². The number of rotatable bonds is 3. The first kappa shape index (κ1) is 12.4. The van der Waals surface area contributed by atoms with E-state index >= 15 is 0 Å². The fourth-order valence-electron chi connectivity index (χ4n) is 1.90. The Morgan fingerprint density at radius 3 is 2.60 bits per heavy atom. The third-order valence-electron chi connectivity index (χ3n) is 3.10. The Labute approximate surface area is 90.8 Å². The van der Waals surface area contributed by atoms with E-state index in [0.717, 1.165) is 25.9 Å². The van der Waals surface area contributed by atoms with Crippen molar-refractivity contribution >= 4 is 5.91 Å². The van der Waals surface area contributed by atoms with Gasteiger partial charge in [-0.15, -0.1) is 0 Å². The van der Waals surface area contributed by atoms with Gasteiger partial charge in [-0.3, -0.25) is 4.79 Å². The van der Waals surface area contributed by atoms with Crippen molar-refractivity contribution in [1.29, 1.82) is 0 Å². The van der Waals surface area contributed by atoms with E-state index in [0.29, 0.717) is 0 Å². The van der Waals surface area contributed by atoms with E-state index in [1.54, 1.807) is 11.9 Å². The molecule has 0 bridgehead atoms. The largest absolute Gasteiger partial charge is 0.394 e. The molecular formula is C10H21N3O2. The van der Waals surface area contributed by atoms with E-state index < -0.39 is 6.04 Å². The maximum atomic E-state index is 11.7. The molecular weight excluding hydrogens is 194 g/mol. The molecule has 0 aliphatic carbocycles. The second-order valence-corrected chi connectivity index (χ2v) is 4.27. The third kappa shape index (κ3) is 3.15. The molecule has 5 nitrogen and oxygen atoms in total. The summed E-state index contributed by atoms with van der Waals surface area (Å²) in [5.41, 5.74) is 5.50. The Morgan fingerprint density at radius 2 is 2.13 bits per heavy atom. The van der Waals surface area contributed by atoms with E-state index in [-0.39, 0.29) is 18.6 Å². The van der Waals surface area contributed by atoms with Crippen molar-refractivity contribution in [3.05, 3.63) is 0 Å². The van der Waals surface area contributed by atoms with Gasteiger partial charge in [0.25, 0.3) is 0 Å². The molecule has 0 radical (unpaired) electrons. The Morgan fingerprint density at radius 1 is 1.60 bits per heavy atom. The van der Waals surface area contributed by atoms with Gasteiger partial charge in [0.05, 0.1) is 6.61 Å². The highest BCUT2D eigenvalue weighted by Crippen LogP contribution is 2.14. The minimum atomic E-state index is -0.769. The highest BCUT2D eigenvalue weighted by Gasteiger charge is 2.26. The van der Waals surface area contributed by atoms with Gasteiger partial charge < -0.3 is 20.6 Å². The average Bonchev–Trinajstić information content (AvgIpc) is 2.27. The number of aliphatic hydroxyl groups excluding tert-OH is 1. The van der Waals surface area contributed by atoms with Crippen LogP contribution in [0.15, 0.2) is 0 Å². The van der Waals surface area contributed by atoms with Gasteiger partial charge in [0, 0.05) is 13.1 Å². The van der Waals surface area contributed by atoms with Crippen LogP contribution in [0.3, 0.4) is 0 Å². The number of amides is 1. The van der Waals surface area contributed by atoms with Gasteiger partial charge in [-0.05, 0) is 33.0 Å². The Kier molecular flexibility index (Phi) is 4.50. The zero-order valence-electron chi connectivity index (χ0n) is 9.52. The molecule has 5 heteroatoms. The molecule has 0 saturated carbocycles. The first-order valence-corrected chi connectivity index (χ1v) is 5.38. The van der Waals surface area contributed by atoms with Gasteiger partial charge in [0.15, 0.2) is 0 Å². The quantitative estimate of drug-likeness (QED) is 0.624. The van der Waals surface area contributed by atoms with Crippen molar-refractivity contribution in [3.8, 4) is 0 Å². The zero-order valence-corrected chi connectivity index (χ0v) is 9.52. The van der Waals surface area contributed by atoms with Crippen LogP contribution in [0, 0.1) is 0 Å². The highest BCUT2D eigenvalue weighted by molar-refractivity contribution is 5.81. The Hall–Kier alpha value is -0.650. The lowest BCUT2D eigenvalue weighted by Gasteiger charge is -2.35. The molecule has 0 aromatic rings. The standard InChI is InChI=1S/C10H21N3O2/c1-12-5-3-8(4-6-12)13(2)10(15)9(11)7-14/h8-9,14H,3-7,11H2,1-2H3. The summed E-state index contributed by atoms with van der Waals surface area (Å²) in [6, 6.07) is -0.499. The fourth-order valence-corrected chi connectivity index (χ4v) is 1.90. The van der Waals surface area contributed by atoms with Gasteiger partial charge in [0.2, 0.25) is 5.91 Å². The first-order chi connectivity index (χ1) is 7.06. The molecule has 0 aromatic heterocycles. The van der Waals surface area contributed by atoms with Crippen LogP contribution < -0.4 is 5.73 Å². The van der Waals surface area contributed by atoms with Crippen LogP contribution in [0.1, 0.15) is 12.8 Å². The van der Waals surface area contributed by atoms with Gasteiger partial charge in [-0.1, -0.05) is 0 Å². The minimum absolute atomic E-state index is 0.160. The van der Waals surface area contributed by atoms with Crippen molar-refractivity contribution in [2.45, 2.75) is 24.9 Å². The zero-order chi connectivity index (χ0) is 11.4. The predicted molar refractivity (Wildman–Crippen MR) is 58.4 cm³/mol. The molecule has 3 N–H and O–H groups in total. The molecule has 1 amide bonds. The summed E-state index contributed by atoms with van der Waals surface area (Å²) < 4.78 is 0. The van der Waals surface area contributed by atoms with E-state index in [2.05, 4.69) is 11.9 Å². The summed E-state index contributed by atoms with van der Waals surface area (Å²) in [5.74, 6) is -0.160. The molecule has 1 atom stereocenters. The SMILES string of the molecule is CN1CCC(N(C)C(=O)C(N)CO)CC1.